The van der Waals surface area contributed by atoms with Gasteiger partial charge in [-0.25, -0.2) is 0 Å². The molecule has 3 fully saturated rings. The smallest absolute Gasteiger partial charge is 0.306 e. The number of likely N-dealkylation sites (tertiary alicyclic amines) is 1. The zero-order valence-electron chi connectivity index (χ0n) is 16.0. The lowest BCUT2D eigenvalue weighted by atomic mass is 9.91. The lowest BCUT2D eigenvalue weighted by molar-refractivity contribution is -0.144. The Kier molecular flexibility index (Phi) is 7.04. The highest BCUT2D eigenvalue weighted by Gasteiger charge is 2.39. The molecule has 2 saturated heterocycles. The van der Waals surface area contributed by atoms with Crippen molar-refractivity contribution in [2.45, 2.75) is 63.1 Å². The number of carboxylic acid groups (broad SMARTS) is 1. The zero-order chi connectivity index (χ0) is 19.4. The van der Waals surface area contributed by atoms with E-state index >= 15 is 0 Å². The molecule has 1 amide bonds. The number of nitrogens with two attached hydrogens (primary N) is 1. The van der Waals surface area contributed by atoms with E-state index in [1.54, 1.807) is 7.11 Å². The van der Waals surface area contributed by atoms with Crippen LogP contribution < -0.4 is 21.7 Å². The highest BCUT2D eigenvalue weighted by molar-refractivity contribution is 5.77. The fraction of sp³-hybridized carbons (Fsp3) is 0.889. The number of amides is 1. The molecular formula is C18H33N5O4. The summed E-state index contributed by atoms with van der Waals surface area (Å²) in [5, 5.41) is 19.6. The van der Waals surface area contributed by atoms with Gasteiger partial charge < -0.3 is 15.6 Å². The number of nitrogens with zero attached hydrogens (tertiary/aromatic N) is 1. The molecule has 3 rings (SSSR count). The molecule has 6 N–H and O–H groups in total. The maximum Gasteiger partial charge on any atom is 0.306 e. The maximum absolute atomic E-state index is 12.0. The molecule has 5 unspecified atom stereocenters. The molecule has 2 aliphatic heterocycles. The van der Waals surface area contributed by atoms with E-state index in [9.17, 15) is 14.7 Å². The summed E-state index contributed by atoms with van der Waals surface area (Å²) in [7, 11) is 1.74. The topological polar surface area (TPSA) is 129 Å². The van der Waals surface area contributed by atoms with E-state index in [1.807, 2.05) is 0 Å². The second kappa shape index (κ2) is 9.29. The number of carboxylic acids is 1. The average molecular weight is 383 g/mol. The molecule has 1 saturated carbocycles. The van der Waals surface area contributed by atoms with Crippen LogP contribution in [0.1, 0.15) is 38.5 Å². The number of nitrogens with one attached hydrogen (secondary N) is 3. The fourth-order valence-corrected chi connectivity index (χ4v) is 4.57. The van der Waals surface area contributed by atoms with Gasteiger partial charge in [-0.1, -0.05) is 12.8 Å². The molecule has 5 atom stereocenters. The highest BCUT2D eigenvalue weighted by Crippen LogP contribution is 2.23. The Morgan fingerprint density at radius 1 is 1.19 bits per heavy atom. The van der Waals surface area contributed by atoms with Crippen LogP contribution in [0.5, 0.6) is 0 Å². The summed E-state index contributed by atoms with van der Waals surface area (Å²) >= 11 is 0. The van der Waals surface area contributed by atoms with Crippen molar-refractivity contribution >= 4 is 11.9 Å². The van der Waals surface area contributed by atoms with Crippen molar-refractivity contribution in [2.24, 2.45) is 17.6 Å². The molecule has 0 radical (unpaired) electrons. The number of methoxy groups -OCH3 is 1. The first-order valence-corrected chi connectivity index (χ1v) is 10.0. The monoisotopic (exact) mass is 383 g/mol. The van der Waals surface area contributed by atoms with E-state index in [2.05, 4.69) is 20.9 Å². The molecule has 9 heteroatoms. The quantitative estimate of drug-likeness (QED) is 0.405. The Morgan fingerprint density at radius 3 is 2.52 bits per heavy atom. The van der Waals surface area contributed by atoms with Crippen molar-refractivity contribution in [3.05, 3.63) is 0 Å². The lowest BCUT2D eigenvalue weighted by Crippen LogP contribution is -2.72. The molecular weight excluding hydrogens is 350 g/mol. The highest BCUT2D eigenvalue weighted by atomic mass is 16.5. The number of ether oxygens (including phenoxy) is 1. The first-order valence-electron chi connectivity index (χ1n) is 10.0. The van der Waals surface area contributed by atoms with Gasteiger partial charge in [0.25, 0.3) is 0 Å². The minimum absolute atomic E-state index is 0.0996. The minimum Gasteiger partial charge on any atom is -0.481 e. The molecule has 1 aliphatic carbocycles. The van der Waals surface area contributed by atoms with Gasteiger partial charge >= 0.3 is 5.97 Å². The van der Waals surface area contributed by atoms with Crippen LogP contribution in [-0.4, -0.2) is 73.2 Å². The SMILES string of the molecule is COC1CCCCC1NC1NC(N2CCC(C(=O)O)CC2)NCC1C(N)=O. The van der Waals surface area contributed by atoms with Gasteiger partial charge in [-0.05, 0) is 25.7 Å². The van der Waals surface area contributed by atoms with E-state index in [0.717, 1.165) is 25.7 Å². The maximum atomic E-state index is 12.0. The van der Waals surface area contributed by atoms with Crippen LogP contribution in [0.4, 0.5) is 0 Å². The molecule has 0 aromatic heterocycles. The van der Waals surface area contributed by atoms with Gasteiger partial charge in [0.15, 0.2) is 0 Å². The second-order valence-electron chi connectivity index (χ2n) is 7.94. The van der Waals surface area contributed by atoms with Crippen molar-refractivity contribution in [2.75, 3.05) is 26.7 Å². The van der Waals surface area contributed by atoms with Crippen LogP contribution in [0.25, 0.3) is 0 Å². The predicted octanol–water partition coefficient (Wildman–Crippen LogP) is -0.766. The number of aliphatic carboxylic acids is 1. The summed E-state index contributed by atoms with van der Waals surface area (Å²) in [5.74, 6) is -1.66. The molecule has 3 aliphatic rings. The van der Waals surface area contributed by atoms with Gasteiger partial charge in [0.1, 0.15) is 6.29 Å². The van der Waals surface area contributed by atoms with Gasteiger partial charge in [-0.2, -0.15) is 0 Å². The summed E-state index contributed by atoms with van der Waals surface area (Å²) in [4.78, 5) is 25.3. The van der Waals surface area contributed by atoms with Crippen molar-refractivity contribution in [1.82, 2.24) is 20.9 Å². The van der Waals surface area contributed by atoms with Crippen LogP contribution in [-0.2, 0) is 14.3 Å². The number of rotatable bonds is 6. The third kappa shape index (κ3) is 4.97. The standard InChI is InChI=1S/C18H33N5O4/c1-27-14-5-3-2-4-13(14)21-16-12(15(19)24)10-20-18(22-16)23-8-6-11(7-9-23)17(25)26/h11-14,16,18,20-22H,2-10H2,1H3,(H2,19,24)(H,25,26). The summed E-state index contributed by atoms with van der Waals surface area (Å²) in [6.07, 6.45) is 5.45. The predicted molar refractivity (Wildman–Crippen MR) is 99.5 cm³/mol. The van der Waals surface area contributed by atoms with E-state index in [4.69, 9.17) is 10.5 Å². The van der Waals surface area contributed by atoms with E-state index in [0.29, 0.717) is 32.5 Å². The van der Waals surface area contributed by atoms with Gasteiger partial charge in [-0.3, -0.25) is 30.4 Å². The zero-order valence-corrected chi connectivity index (χ0v) is 16.0. The molecule has 154 valence electrons. The Hall–Kier alpha value is -1.26. The van der Waals surface area contributed by atoms with Crippen LogP contribution in [0.3, 0.4) is 0 Å². The molecule has 0 bridgehead atoms. The number of hydrogen-bond acceptors (Lipinski definition) is 7. The Labute approximate surface area is 160 Å². The fourth-order valence-electron chi connectivity index (χ4n) is 4.57. The summed E-state index contributed by atoms with van der Waals surface area (Å²) in [5.41, 5.74) is 5.64. The Morgan fingerprint density at radius 2 is 1.89 bits per heavy atom. The molecule has 27 heavy (non-hydrogen) atoms. The molecule has 2 heterocycles. The minimum atomic E-state index is -0.713. The lowest BCUT2D eigenvalue weighted by Gasteiger charge is -2.46. The first-order chi connectivity index (χ1) is 13.0. The molecule has 9 nitrogen and oxygen atoms in total. The number of primary amides is 1. The van der Waals surface area contributed by atoms with Gasteiger partial charge in [0, 0.05) is 32.8 Å². The van der Waals surface area contributed by atoms with Crippen LogP contribution in [0.15, 0.2) is 0 Å². The summed E-state index contributed by atoms with van der Waals surface area (Å²) in [6.45, 7) is 1.91. The first kappa shape index (κ1) is 20.5. The Balaban J connectivity index is 1.61. The van der Waals surface area contributed by atoms with Crippen LogP contribution in [0, 0.1) is 11.8 Å². The largest absolute Gasteiger partial charge is 0.481 e. The molecule has 0 aromatic carbocycles. The summed E-state index contributed by atoms with van der Waals surface area (Å²) < 4.78 is 5.63. The van der Waals surface area contributed by atoms with Crippen LogP contribution >= 0.6 is 0 Å². The van der Waals surface area contributed by atoms with Gasteiger partial charge in [0.05, 0.1) is 24.1 Å². The van der Waals surface area contributed by atoms with E-state index < -0.39 is 5.97 Å². The number of hydrogen-bond donors (Lipinski definition) is 5. The Bertz CT molecular complexity index is 526. The van der Waals surface area contributed by atoms with Crippen molar-refractivity contribution < 1.29 is 19.4 Å². The average Bonchev–Trinajstić information content (AvgIpc) is 2.68. The third-order valence-corrected chi connectivity index (χ3v) is 6.28. The second-order valence-corrected chi connectivity index (χ2v) is 7.94. The van der Waals surface area contributed by atoms with Crippen molar-refractivity contribution in [1.29, 1.82) is 0 Å². The van der Waals surface area contributed by atoms with Crippen molar-refractivity contribution in [3.63, 3.8) is 0 Å². The number of carbonyl (C=O) groups is 2. The van der Waals surface area contributed by atoms with Gasteiger partial charge in [0.2, 0.25) is 5.91 Å². The molecule has 0 spiro atoms. The number of carbonyl (C=O) groups excluding carboxylic acids is 1. The van der Waals surface area contributed by atoms with E-state index in [-0.39, 0.29) is 42.3 Å². The normalized spacial score (nSPS) is 36.4. The van der Waals surface area contributed by atoms with E-state index in [1.165, 1.54) is 0 Å². The summed E-state index contributed by atoms with van der Waals surface area (Å²) in [6, 6.07) is 0.194. The van der Waals surface area contributed by atoms with Gasteiger partial charge in [-0.15, -0.1) is 0 Å². The molecule has 0 aromatic rings. The van der Waals surface area contributed by atoms with Crippen LogP contribution in [0.2, 0.25) is 0 Å². The van der Waals surface area contributed by atoms with Crippen molar-refractivity contribution in [3.8, 4) is 0 Å². The third-order valence-electron chi connectivity index (χ3n) is 6.28. The number of piperidine rings is 1.